The van der Waals surface area contributed by atoms with Crippen molar-refractivity contribution >= 4 is 11.6 Å². The molecule has 1 aromatic carbocycles. The molecule has 0 fully saturated rings. The third kappa shape index (κ3) is 4.12. The van der Waals surface area contributed by atoms with Crippen LogP contribution in [0.3, 0.4) is 0 Å². The van der Waals surface area contributed by atoms with Gasteiger partial charge in [-0.25, -0.2) is 0 Å². The lowest BCUT2D eigenvalue weighted by atomic mass is 10.1. The Balaban J connectivity index is 2.28. The molecule has 1 N–H and O–H groups in total. The SMILES string of the molecule is CCC(C)NCCc1ccc(Cl)cc1. The molecule has 1 atom stereocenters. The first-order valence-corrected chi connectivity index (χ1v) is 5.58. The first kappa shape index (κ1) is 11.5. The molecule has 0 spiro atoms. The van der Waals surface area contributed by atoms with Gasteiger partial charge in [-0.1, -0.05) is 30.7 Å². The lowest BCUT2D eigenvalue weighted by Gasteiger charge is -2.10. The molecule has 0 amide bonds. The van der Waals surface area contributed by atoms with Crippen LogP contribution in [0, 0.1) is 0 Å². The van der Waals surface area contributed by atoms with Gasteiger partial charge in [0, 0.05) is 11.1 Å². The zero-order valence-corrected chi connectivity index (χ0v) is 9.64. The Kier molecular flexibility index (Phi) is 4.99. The average molecular weight is 212 g/mol. The summed E-state index contributed by atoms with van der Waals surface area (Å²) in [6.45, 7) is 5.44. The molecular weight excluding hydrogens is 194 g/mol. The van der Waals surface area contributed by atoms with Crippen molar-refractivity contribution in [1.82, 2.24) is 5.32 Å². The van der Waals surface area contributed by atoms with Gasteiger partial charge in [-0.2, -0.15) is 0 Å². The fourth-order valence-electron chi connectivity index (χ4n) is 1.26. The topological polar surface area (TPSA) is 12.0 Å². The number of hydrogen-bond acceptors (Lipinski definition) is 1. The van der Waals surface area contributed by atoms with Crippen LogP contribution in [0.15, 0.2) is 24.3 Å². The van der Waals surface area contributed by atoms with Gasteiger partial charge in [0.05, 0.1) is 0 Å². The Labute approximate surface area is 91.5 Å². The minimum absolute atomic E-state index is 0.613. The molecule has 1 rings (SSSR count). The van der Waals surface area contributed by atoms with E-state index in [4.69, 9.17) is 11.6 Å². The second-order valence-electron chi connectivity index (χ2n) is 3.64. The zero-order valence-electron chi connectivity index (χ0n) is 8.89. The van der Waals surface area contributed by atoms with Crippen molar-refractivity contribution in [3.63, 3.8) is 0 Å². The van der Waals surface area contributed by atoms with Gasteiger partial charge in [0.25, 0.3) is 0 Å². The largest absolute Gasteiger partial charge is 0.314 e. The monoisotopic (exact) mass is 211 g/mol. The molecule has 0 aromatic heterocycles. The van der Waals surface area contributed by atoms with Crippen LogP contribution in [0.25, 0.3) is 0 Å². The van der Waals surface area contributed by atoms with Crippen molar-refractivity contribution in [2.75, 3.05) is 6.54 Å². The fourth-order valence-corrected chi connectivity index (χ4v) is 1.38. The summed E-state index contributed by atoms with van der Waals surface area (Å²) in [5, 5.41) is 4.27. The fraction of sp³-hybridized carbons (Fsp3) is 0.500. The van der Waals surface area contributed by atoms with Gasteiger partial charge in [-0.15, -0.1) is 0 Å². The summed E-state index contributed by atoms with van der Waals surface area (Å²) in [5.41, 5.74) is 1.34. The molecular formula is C12H18ClN. The molecule has 1 aromatic rings. The lowest BCUT2D eigenvalue weighted by Crippen LogP contribution is -2.27. The van der Waals surface area contributed by atoms with Gasteiger partial charge in [0.2, 0.25) is 0 Å². The summed E-state index contributed by atoms with van der Waals surface area (Å²) < 4.78 is 0. The summed E-state index contributed by atoms with van der Waals surface area (Å²) in [5.74, 6) is 0. The minimum atomic E-state index is 0.613. The standard InChI is InChI=1S/C12H18ClN/c1-3-10(2)14-9-8-11-4-6-12(13)7-5-11/h4-7,10,14H,3,8-9H2,1-2H3. The van der Waals surface area contributed by atoms with Crippen molar-refractivity contribution in [3.8, 4) is 0 Å². The first-order valence-electron chi connectivity index (χ1n) is 5.20. The van der Waals surface area contributed by atoms with Crippen LogP contribution in [0.2, 0.25) is 5.02 Å². The predicted octanol–water partition coefficient (Wildman–Crippen LogP) is 3.27. The summed E-state index contributed by atoms with van der Waals surface area (Å²) in [6.07, 6.45) is 2.25. The maximum atomic E-state index is 5.80. The molecule has 0 aliphatic heterocycles. The number of halogens is 1. The smallest absolute Gasteiger partial charge is 0.0406 e. The van der Waals surface area contributed by atoms with E-state index in [2.05, 4.69) is 31.3 Å². The highest BCUT2D eigenvalue weighted by atomic mass is 35.5. The minimum Gasteiger partial charge on any atom is -0.314 e. The molecule has 0 aliphatic carbocycles. The van der Waals surface area contributed by atoms with E-state index in [9.17, 15) is 0 Å². The number of benzene rings is 1. The lowest BCUT2D eigenvalue weighted by molar-refractivity contribution is 0.537. The Morgan fingerprint density at radius 1 is 1.29 bits per heavy atom. The van der Waals surface area contributed by atoms with E-state index in [0.717, 1.165) is 18.0 Å². The van der Waals surface area contributed by atoms with E-state index in [1.54, 1.807) is 0 Å². The van der Waals surface area contributed by atoms with Crippen LogP contribution >= 0.6 is 11.6 Å². The Bertz CT molecular complexity index is 256. The van der Waals surface area contributed by atoms with Crippen LogP contribution in [0.5, 0.6) is 0 Å². The molecule has 0 saturated heterocycles. The second-order valence-corrected chi connectivity index (χ2v) is 4.08. The van der Waals surface area contributed by atoms with E-state index in [1.165, 1.54) is 12.0 Å². The van der Waals surface area contributed by atoms with Crippen molar-refractivity contribution in [3.05, 3.63) is 34.9 Å². The van der Waals surface area contributed by atoms with Gasteiger partial charge in [0.15, 0.2) is 0 Å². The molecule has 1 nitrogen and oxygen atoms in total. The quantitative estimate of drug-likeness (QED) is 0.789. The van der Waals surface area contributed by atoms with Gasteiger partial charge in [0.1, 0.15) is 0 Å². The number of hydrogen-bond donors (Lipinski definition) is 1. The number of rotatable bonds is 5. The highest BCUT2D eigenvalue weighted by Gasteiger charge is 1.97. The molecule has 0 saturated carbocycles. The van der Waals surface area contributed by atoms with E-state index in [0.29, 0.717) is 6.04 Å². The van der Waals surface area contributed by atoms with Gasteiger partial charge in [-0.3, -0.25) is 0 Å². The molecule has 14 heavy (non-hydrogen) atoms. The molecule has 1 unspecified atom stereocenters. The normalized spacial score (nSPS) is 12.8. The molecule has 0 aliphatic rings. The molecule has 0 radical (unpaired) electrons. The average Bonchev–Trinajstić information content (AvgIpc) is 2.21. The second kappa shape index (κ2) is 6.05. The third-order valence-corrected chi connectivity index (χ3v) is 2.68. The summed E-state index contributed by atoms with van der Waals surface area (Å²) in [4.78, 5) is 0. The van der Waals surface area contributed by atoms with E-state index in [1.807, 2.05) is 12.1 Å². The predicted molar refractivity (Wildman–Crippen MR) is 62.9 cm³/mol. The van der Waals surface area contributed by atoms with Crippen molar-refractivity contribution in [2.45, 2.75) is 32.7 Å². The van der Waals surface area contributed by atoms with Gasteiger partial charge in [-0.05, 0) is 44.0 Å². The van der Waals surface area contributed by atoms with Crippen molar-refractivity contribution in [1.29, 1.82) is 0 Å². The van der Waals surface area contributed by atoms with E-state index in [-0.39, 0.29) is 0 Å². The van der Waals surface area contributed by atoms with Crippen LogP contribution in [-0.4, -0.2) is 12.6 Å². The molecule has 0 heterocycles. The van der Waals surface area contributed by atoms with E-state index < -0.39 is 0 Å². The van der Waals surface area contributed by atoms with Crippen LogP contribution in [0.4, 0.5) is 0 Å². The molecule has 0 bridgehead atoms. The van der Waals surface area contributed by atoms with Crippen molar-refractivity contribution in [2.24, 2.45) is 0 Å². The van der Waals surface area contributed by atoms with Crippen LogP contribution < -0.4 is 5.32 Å². The molecule has 78 valence electrons. The Morgan fingerprint density at radius 3 is 2.50 bits per heavy atom. The summed E-state index contributed by atoms with van der Waals surface area (Å²) >= 11 is 5.80. The zero-order chi connectivity index (χ0) is 10.4. The highest BCUT2D eigenvalue weighted by molar-refractivity contribution is 6.30. The Morgan fingerprint density at radius 2 is 1.93 bits per heavy atom. The Hall–Kier alpha value is -0.530. The maximum Gasteiger partial charge on any atom is 0.0406 e. The summed E-state index contributed by atoms with van der Waals surface area (Å²) in [7, 11) is 0. The number of nitrogens with one attached hydrogen (secondary N) is 1. The first-order chi connectivity index (χ1) is 6.72. The van der Waals surface area contributed by atoms with Gasteiger partial charge >= 0.3 is 0 Å². The van der Waals surface area contributed by atoms with Crippen LogP contribution in [-0.2, 0) is 6.42 Å². The summed E-state index contributed by atoms with van der Waals surface area (Å²) in [6, 6.07) is 8.67. The van der Waals surface area contributed by atoms with Crippen LogP contribution in [0.1, 0.15) is 25.8 Å². The van der Waals surface area contributed by atoms with Crippen molar-refractivity contribution < 1.29 is 0 Å². The maximum absolute atomic E-state index is 5.80. The van der Waals surface area contributed by atoms with E-state index >= 15 is 0 Å². The highest BCUT2D eigenvalue weighted by Crippen LogP contribution is 2.09. The third-order valence-electron chi connectivity index (χ3n) is 2.43. The molecule has 2 heteroatoms. The van der Waals surface area contributed by atoms with Gasteiger partial charge < -0.3 is 5.32 Å².